The maximum atomic E-state index is 13.9. The lowest BCUT2D eigenvalue weighted by molar-refractivity contribution is 0.0728. The van der Waals surface area contributed by atoms with Crippen LogP contribution < -0.4 is 0 Å². The molecule has 132 valence electrons. The van der Waals surface area contributed by atoms with E-state index >= 15 is 0 Å². The third-order valence-electron chi connectivity index (χ3n) is 4.12. The van der Waals surface area contributed by atoms with Gasteiger partial charge in [-0.2, -0.15) is 0 Å². The molecule has 0 spiro atoms. The molecule has 1 saturated carbocycles. The monoisotopic (exact) mass is 381 g/mol. The Labute approximate surface area is 151 Å². The number of carbonyl (C=O) groups excluding carboxylic acids is 1. The third-order valence-corrected chi connectivity index (χ3v) is 5.70. The van der Waals surface area contributed by atoms with Gasteiger partial charge in [0.1, 0.15) is 5.82 Å². The molecule has 0 saturated heterocycles. The molecule has 1 fully saturated rings. The first kappa shape index (κ1) is 17.9. The molecule has 0 unspecified atom stereocenters. The quantitative estimate of drug-likeness (QED) is 0.793. The Bertz CT molecular complexity index is 926. The number of benzene rings is 2. The van der Waals surface area contributed by atoms with E-state index in [0.29, 0.717) is 5.56 Å². The minimum Gasteiger partial charge on any atom is -0.331 e. The van der Waals surface area contributed by atoms with E-state index in [-0.39, 0.29) is 39.8 Å². The minimum atomic E-state index is -3.55. The zero-order chi connectivity index (χ0) is 18.2. The lowest BCUT2D eigenvalue weighted by atomic mass is 10.1. The predicted molar refractivity (Wildman–Crippen MR) is 93.9 cm³/mol. The van der Waals surface area contributed by atoms with Crippen LogP contribution in [0.4, 0.5) is 4.39 Å². The van der Waals surface area contributed by atoms with Crippen LogP contribution in [0.15, 0.2) is 47.4 Å². The molecule has 4 nitrogen and oxygen atoms in total. The van der Waals surface area contributed by atoms with E-state index in [1.165, 1.54) is 24.3 Å². The number of carbonyl (C=O) groups is 1. The second-order valence-corrected chi connectivity index (χ2v) is 8.56. The number of sulfone groups is 1. The van der Waals surface area contributed by atoms with Crippen LogP contribution in [0.25, 0.3) is 0 Å². The van der Waals surface area contributed by atoms with Crippen LogP contribution in [0.3, 0.4) is 0 Å². The fourth-order valence-electron chi connectivity index (χ4n) is 2.65. The Morgan fingerprint density at radius 1 is 1.24 bits per heavy atom. The summed E-state index contributed by atoms with van der Waals surface area (Å²) in [4.78, 5) is 14.4. The highest BCUT2D eigenvalue weighted by Crippen LogP contribution is 2.31. The highest BCUT2D eigenvalue weighted by atomic mass is 35.5. The van der Waals surface area contributed by atoms with Gasteiger partial charge in [0.2, 0.25) is 0 Å². The van der Waals surface area contributed by atoms with Crippen molar-refractivity contribution < 1.29 is 17.6 Å². The molecular formula is C18H17ClFNO3S. The van der Waals surface area contributed by atoms with E-state index < -0.39 is 9.84 Å². The van der Waals surface area contributed by atoms with Crippen LogP contribution >= 0.6 is 11.6 Å². The summed E-state index contributed by atoms with van der Waals surface area (Å²) >= 11 is 5.94. The number of rotatable bonds is 5. The van der Waals surface area contributed by atoms with Gasteiger partial charge in [0.05, 0.1) is 9.92 Å². The predicted octanol–water partition coefficient (Wildman–Crippen LogP) is 3.69. The number of hydrogen-bond donors (Lipinski definition) is 0. The molecule has 0 radical (unpaired) electrons. The maximum absolute atomic E-state index is 13.9. The first-order chi connectivity index (χ1) is 11.8. The number of nitrogens with zero attached hydrogens (tertiary/aromatic N) is 1. The summed E-state index contributed by atoms with van der Waals surface area (Å²) in [6.07, 6.45) is 2.75. The van der Waals surface area contributed by atoms with Crippen LogP contribution in [-0.2, 0) is 16.4 Å². The molecule has 25 heavy (non-hydrogen) atoms. The van der Waals surface area contributed by atoms with Gasteiger partial charge in [-0.15, -0.1) is 0 Å². The lowest BCUT2D eigenvalue weighted by Crippen LogP contribution is -2.33. The molecule has 7 heteroatoms. The third kappa shape index (κ3) is 4.02. The maximum Gasteiger partial charge on any atom is 0.254 e. The second-order valence-electron chi connectivity index (χ2n) is 6.17. The number of hydrogen-bond acceptors (Lipinski definition) is 3. The first-order valence-corrected chi connectivity index (χ1v) is 10.1. The zero-order valence-corrected chi connectivity index (χ0v) is 15.1. The Morgan fingerprint density at radius 2 is 1.92 bits per heavy atom. The van der Waals surface area contributed by atoms with Crippen molar-refractivity contribution in [1.82, 2.24) is 4.90 Å². The van der Waals surface area contributed by atoms with Crippen LogP contribution in [0, 0.1) is 5.82 Å². The molecule has 3 rings (SSSR count). The smallest absolute Gasteiger partial charge is 0.254 e. The second kappa shape index (κ2) is 6.77. The Morgan fingerprint density at radius 3 is 2.52 bits per heavy atom. The van der Waals surface area contributed by atoms with Gasteiger partial charge in [-0.25, -0.2) is 12.8 Å². The van der Waals surface area contributed by atoms with Crippen LogP contribution in [0.2, 0.25) is 5.02 Å². The standard InChI is InChI=1S/C18H17ClFNO3S/c1-25(23,24)17-10-12(6-9-15(17)19)18(22)21(14-7-8-14)11-13-4-2-3-5-16(13)20/h2-6,9-10,14H,7-8,11H2,1H3. The van der Waals surface area contributed by atoms with Crippen molar-refractivity contribution in [1.29, 1.82) is 0 Å². The van der Waals surface area contributed by atoms with Crippen molar-refractivity contribution in [3.8, 4) is 0 Å². The van der Waals surface area contributed by atoms with Gasteiger partial charge in [0.25, 0.3) is 5.91 Å². The highest BCUT2D eigenvalue weighted by molar-refractivity contribution is 7.90. The largest absolute Gasteiger partial charge is 0.331 e. The molecule has 0 heterocycles. The summed E-state index contributed by atoms with van der Waals surface area (Å²) < 4.78 is 37.6. The van der Waals surface area contributed by atoms with Gasteiger partial charge in [0.15, 0.2) is 9.84 Å². The van der Waals surface area contributed by atoms with Crippen LogP contribution in [0.5, 0.6) is 0 Å². The first-order valence-electron chi connectivity index (χ1n) is 7.81. The molecule has 0 atom stereocenters. The average Bonchev–Trinajstić information content (AvgIpc) is 3.37. The minimum absolute atomic E-state index is 0.0458. The van der Waals surface area contributed by atoms with E-state index in [9.17, 15) is 17.6 Å². The Hall–Kier alpha value is -1.92. The van der Waals surface area contributed by atoms with Crippen molar-refractivity contribution >= 4 is 27.3 Å². The van der Waals surface area contributed by atoms with E-state index in [4.69, 9.17) is 11.6 Å². The fourth-order valence-corrected chi connectivity index (χ4v) is 3.95. The summed E-state index contributed by atoms with van der Waals surface area (Å²) in [5.74, 6) is -0.693. The van der Waals surface area contributed by atoms with Gasteiger partial charge >= 0.3 is 0 Å². The zero-order valence-electron chi connectivity index (χ0n) is 13.6. The molecule has 0 N–H and O–H groups in total. The van der Waals surface area contributed by atoms with Gasteiger partial charge in [-0.3, -0.25) is 4.79 Å². The highest BCUT2D eigenvalue weighted by Gasteiger charge is 2.34. The Balaban J connectivity index is 1.93. The molecule has 0 aliphatic heterocycles. The SMILES string of the molecule is CS(=O)(=O)c1cc(C(=O)N(Cc2ccccc2F)C2CC2)ccc1Cl. The van der Waals surface area contributed by atoms with E-state index in [1.807, 2.05) is 0 Å². The van der Waals surface area contributed by atoms with Gasteiger partial charge in [0, 0.05) is 30.0 Å². The van der Waals surface area contributed by atoms with Crippen molar-refractivity contribution in [2.45, 2.75) is 30.3 Å². The molecule has 2 aromatic carbocycles. The number of amides is 1. The topological polar surface area (TPSA) is 54.5 Å². The molecule has 1 aliphatic rings. The van der Waals surface area contributed by atoms with E-state index in [0.717, 1.165) is 19.1 Å². The summed E-state index contributed by atoms with van der Waals surface area (Å²) in [7, 11) is -3.55. The summed E-state index contributed by atoms with van der Waals surface area (Å²) in [5, 5.41) is 0.0751. The summed E-state index contributed by atoms with van der Waals surface area (Å²) in [6, 6.07) is 10.5. The van der Waals surface area contributed by atoms with Crippen molar-refractivity contribution in [2.24, 2.45) is 0 Å². The van der Waals surface area contributed by atoms with Crippen LogP contribution in [0.1, 0.15) is 28.8 Å². The molecule has 0 bridgehead atoms. The van der Waals surface area contributed by atoms with E-state index in [2.05, 4.69) is 0 Å². The van der Waals surface area contributed by atoms with Gasteiger partial charge in [-0.1, -0.05) is 29.8 Å². The lowest BCUT2D eigenvalue weighted by Gasteiger charge is -2.23. The van der Waals surface area contributed by atoms with E-state index in [1.54, 1.807) is 23.1 Å². The van der Waals surface area contributed by atoms with Gasteiger partial charge < -0.3 is 4.90 Å². The molecule has 1 aliphatic carbocycles. The van der Waals surface area contributed by atoms with Gasteiger partial charge in [-0.05, 0) is 37.1 Å². The Kier molecular flexibility index (Phi) is 4.84. The normalized spacial score (nSPS) is 14.4. The van der Waals surface area contributed by atoms with Crippen molar-refractivity contribution in [3.05, 3.63) is 64.4 Å². The summed E-state index contributed by atoms with van der Waals surface area (Å²) in [6.45, 7) is 0.146. The summed E-state index contributed by atoms with van der Waals surface area (Å²) in [5.41, 5.74) is 0.660. The van der Waals surface area contributed by atoms with Crippen molar-refractivity contribution in [2.75, 3.05) is 6.26 Å². The molecule has 0 aromatic heterocycles. The molecular weight excluding hydrogens is 365 g/mol. The number of halogens is 2. The van der Waals surface area contributed by atoms with Crippen molar-refractivity contribution in [3.63, 3.8) is 0 Å². The van der Waals surface area contributed by atoms with Crippen LogP contribution in [-0.4, -0.2) is 31.5 Å². The molecule has 2 aromatic rings. The molecule has 1 amide bonds. The fraction of sp³-hybridized carbons (Fsp3) is 0.278. The average molecular weight is 382 g/mol.